The summed E-state index contributed by atoms with van der Waals surface area (Å²) in [5.41, 5.74) is 5.12. The van der Waals surface area contributed by atoms with Gasteiger partial charge < -0.3 is 5.73 Å². The molecule has 0 spiro atoms. The molecule has 0 unspecified atom stereocenters. The van der Waals surface area contributed by atoms with Crippen molar-refractivity contribution in [3.8, 4) is 0 Å². The Labute approximate surface area is 131 Å². The lowest BCUT2D eigenvalue weighted by atomic mass is 9.92. The van der Waals surface area contributed by atoms with E-state index in [-0.39, 0.29) is 10.8 Å². The zero-order valence-corrected chi connectivity index (χ0v) is 13.5. The van der Waals surface area contributed by atoms with Gasteiger partial charge in [0, 0.05) is 31.9 Å². The molecule has 22 heavy (non-hydrogen) atoms. The van der Waals surface area contributed by atoms with E-state index in [4.69, 9.17) is 5.73 Å². The molecule has 1 amide bonds. The Morgan fingerprint density at radius 3 is 2.64 bits per heavy atom. The molecule has 1 aromatic rings. The van der Waals surface area contributed by atoms with Crippen molar-refractivity contribution in [1.29, 1.82) is 0 Å². The van der Waals surface area contributed by atoms with Crippen LogP contribution in [0.3, 0.4) is 0 Å². The molecule has 1 saturated heterocycles. The van der Waals surface area contributed by atoms with Crippen molar-refractivity contribution in [2.45, 2.75) is 43.4 Å². The number of nitrogens with two attached hydrogens (primary N) is 1. The van der Waals surface area contributed by atoms with Gasteiger partial charge in [0.1, 0.15) is 4.90 Å². The number of sulfonamides is 1. The second-order valence-electron chi connectivity index (χ2n) is 5.75. The van der Waals surface area contributed by atoms with Crippen molar-refractivity contribution >= 4 is 15.9 Å². The molecule has 7 heteroatoms. The van der Waals surface area contributed by atoms with E-state index in [2.05, 4.69) is 4.98 Å². The summed E-state index contributed by atoms with van der Waals surface area (Å²) >= 11 is 0. The average molecular weight is 325 g/mol. The highest BCUT2D eigenvalue weighted by molar-refractivity contribution is 7.89. The van der Waals surface area contributed by atoms with Crippen LogP contribution in [0.4, 0.5) is 0 Å². The van der Waals surface area contributed by atoms with Crippen LogP contribution in [0.25, 0.3) is 0 Å². The molecule has 2 N–H and O–H groups in total. The van der Waals surface area contributed by atoms with Gasteiger partial charge in [0.25, 0.3) is 0 Å². The smallest absolute Gasteiger partial charge is 0.244 e. The molecule has 2 rings (SSSR count). The van der Waals surface area contributed by atoms with Gasteiger partial charge in [0.05, 0.1) is 0 Å². The number of unbranched alkanes of at least 4 members (excludes halogenated alkanes) is 1. The summed E-state index contributed by atoms with van der Waals surface area (Å²) in [6.07, 6.45) is 7.98. The predicted octanol–water partition coefficient (Wildman–Crippen LogP) is 1.53. The summed E-state index contributed by atoms with van der Waals surface area (Å²) in [5.74, 6) is 0.283. The standard InChI is InChI=1S/C15H23N3O3S/c16-15(19)6-2-1-4-13-7-10-18(11-8-13)22(20,21)14-5-3-9-17-12-14/h3,5,9,12-13H,1-2,4,6-8,10-11H2,(H2,16,19). The van der Waals surface area contributed by atoms with Gasteiger partial charge in [-0.05, 0) is 37.3 Å². The number of nitrogens with zero attached hydrogens (tertiary/aromatic N) is 2. The van der Waals surface area contributed by atoms with E-state index in [1.807, 2.05) is 0 Å². The van der Waals surface area contributed by atoms with Crippen LogP contribution in [-0.2, 0) is 14.8 Å². The Kier molecular flexibility index (Phi) is 5.90. The molecule has 122 valence electrons. The third-order valence-electron chi connectivity index (χ3n) is 4.13. The number of pyridine rings is 1. The van der Waals surface area contributed by atoms with Crippen molar-refractivity contribution in [2.75, 3.05) is 13.1 Å². The molecular weight excluding hydrogens is 302 g/mol. The molecule has 0 atom stereocenters. The van der Waals surface area contributed by atoms with Gasteiger partial charge in [-0.3, -0.25) is 9.78 Å². The summed E-state index contributed by atoms with van der Waals surface area (Å²) in [6, 6.07) is 3.22. The fraction of sp³-hybridized carbons (Fsp3) is 0.600. The molecule has 1 fully saturated rings. The molecule has 0 aliphatic carbocycles. The van der Waals surface area contributed by atoms with Gasteiger partial charge in [0.2, 0.25) is 15.9 Å². The first-order chi connectivity index (χ1) is 10.5. The third-order valence-corrected chi connectivity index (χ3v) is 6.01. The molecule has 0 bridgehead atoms. The number of rotatable bonds is 7. The highest BCUT2D eigenvalue weighted by Crippen LogP contribution is 2.26. The Bertz CT molecular complexity index is 581. The zero-order valence-electron chi connectivity index (χ0n) is 12.6. The fourth-order valence-corrected chi connectivity index (χ4v) is 4.25. The van der Waals surface area contributed by atoms with Gasteiger partial charge in [-0.15, -0.1) is 0 Å². The molecule has 0 aromatic carbocycles. The first kappa shape index (κ1) is 16.9. The summed E-state index contributed by atoms with van der Waals surface area (Å²) < 4.78 is 26.5. The fourth-order valence-electron chi connectivity index (χ4n) is 2.82. The van der Waals surface area contributed by atoms with Gasteiger partial charge >= 0.3 is 0 Å². The summed E-state index contributed by atoms with van der Waals surface area (Å²) in [4.78, 5) is 14.8. The Morgan fingerprint density at radius 2 is 2.05 bits per heavy atom. The maximum Gasteiger partial charge on any atom is 0.244 e. The van der Waals surface area contributed by atoms with Crippen molar-refractivity contribution < 1.29 is 13.2 Å². The van der Waals surface area contributed by atoms with Crippen molar-refractivity contribution in [2.24, 2.45) is 11.7 Å². The second kappa shape index (κ2) is 7.69. The lowest BCUT2D eigenvalue weighted by Gasteiger charge is -2.31. The first-order valence-corrected chi connectivity index (χ1v) is 9.12. The predicted molar refractivity (Wildman–Crippen MR) is 83.4 cm³/mol. The molecule has 0 radical (unpaired) electrons. The van der Waals surface area contributed by atoms with Crippen molar-refractivity contribution in [3.05, 3.63) is 24.5 Å². The van der Waals surface area contributed by atoms with Crippen LogP contribution in [0.15, 0.2) is 29.4 Å². The number of carbonyl (C=O) groups excluding carboxylic acids is 1. The van der Waals surface area contributed by atoms with E-state index < -0.39 is 10.0 Å². The number of amides is 1. The lowest BCUT2D eigenvalue weighted by Crippen LogP contribution is -2.38. The number of hydrogen-bond donors (Lipinski definition) is 1. The SMILES string of the molecule is NC(=O)CCCCC1CCN(S(=O)(=O)c2cccnc2)CC1. The Morgan fingerprint density at radius 1 is 1.32 bits per heavy atom. The maximum atomic E-state index is 12.5. The van der Waals surface area contributed by atoms with Crippen LogP contribution in [-0.4, -0.2) is 36.7 Å². The average Bonchev–Trinajstić information content (AvgIpc) is 2.53. The summed E-state index contributed by atoms with van der Waals surface area (Å²) in [6.45, 7) is 1.11. The highest BCUT2D eigenvalue weighted by atomic mass is 32.2. The molecule has 0 saturated carbocycles. The van der Waals surface area contributed by atoms with E-state index in [1.165, 1.54) is 6.20 Å². The molecule has 2 heterocycles. The third kappa shape index (κ3) is 4.51. The molecule has 6 nitrogen and oxygen atoms in total. The number of aromatic nitrogens is 1. The zero-order chi connectivity index (χ0) is 16.0. The van der Waals surface area contributed by atoms with Crippen LogP contribution >= 0.6 is 0 Å². The van der Waals surface area contributed by atoms with E-state index in [1.54, 1.807) is 22.6 Å². The number of piperidine rings is 1. The minimum atomic E-state index is -3.41. The Hall–Kier alpha value is -1.47. The second-order valence-corrected chi connectivity index (χ2v) is 7.69. The van der Waals surface area contributed by atoms with E-state index in [9.17, 15) is 13.2 Å². The molecule has 1 aliphatic rings. The monoisotopic (exact) mass is 325 g/mol. The number of primary amides is 1. The lowest BCUT2D eigenvalue weighted by molar-refractivity contribution is -0.118. The van der Waals surface area contributed by atoms with Gasteiger partial charge in [-0.1, -0.05) is 12.8 Å². The van der Waals surface area contributed by atoms with E-state index in [0.717, 1.165) is 32.1 Å². The van der Waals surface area contributed by atoms with Crippen LogP contribution in [0.2, 0.25) is 0 Å². The van der Waals surface area contributed by atoms with Crippen LogP contribution in [0, 0.1) is 5.92 Å². The van der Waals surface area contributed by atoms with E-state index >= 15 is 0 Å². The topological polar surface area (TPSA) is 93.4 Å². The minimum absolute atomic E-state index is 0.252. The van der Waals surface area contributed by atoms with Crippen LogP contribution < -0.4 is 5.73 Å². The summed E-state index contributed by atoms with van der Waals surface area (Å²) in [5, 5.41) is 0. The quantitative estimate of drug-likeness (QED) is 0.769. The highest BCUT2D eigenvalue weighted by Gasteiger charge is 2.29. The molecule has 1 aliphatic heterocycles. The first-order valence-electron chi connectivity index (χ1n) is 7.68. The number of carbonyl (C=O) groups is 1. The maximum absolute atomic E-state index is 12.5. The van der Waals surface area contributed by atoms with Crippen LogP contribution in [0.1, 0.15) is 38.5 Å². The Balaban J connectivity index is 1.81. The van der Waals surface area contributed by atoms with Gasteiger partial charge in [-0.2, -0.15) is 4.31 Å². The number of hydrogen-bond acceptors (Lipinski definition) is 4. The normalized spacial score (nSPS) is 17.5. The summed E-state index contributed by atoms with van der Waals surface area (Å²) in [7, 11) is -3.41. The van der Waals surface area contributed by atoms with Gasteiger partial charge in [-0.25, -0.2) is 8.42 Å². The molecular formula is C15H23N3O3S. The largest absolute Gasteiger partial charge is 0.370 e. The van der Waals surface area contributed by atoms with Gasteiger partial charge in [0.15, 0.2) is 0 Å². The minimum Gasteiger partial charge on any atom is -0.370 e. The van der Waals surface area contributed by atoms with E-state index in [0.29, 0.717) is 25.4 Å². The van der Waals surface area contributed by atoms with Crippen molar-refractivity contribution in [1.82, 2.24) is 9.29 Å². The van der Waals surface area contributed by atoms with Crippen molar-refractivity contribution in [3.63, 3.8) is 0 Å². The molecule has 1 aromatic heterocycles. The van der Waals surface area contributed by atoms with Crippen LogP contribution in [0.5, 0.6) is 0 Å².